The third-order valence-corrected chi connectivity index (χ3v) is 3.71. The summed E-state index contributed by atoms with van der Waals surface area (Å²) in [5.74, 6) is 0.523. The number of rotatable bonds is 4. The number of amides is 3. The van der Waals surface area contributed by atoms with E-state index in [4.69, 9.17) is 0 Å². The maximum atomic E-state index is 12.6. The lowest BCUT2D eigenvalue weighted by Crippen LogP contribution is -2.32. The van der Waals surface area contributed by atoms with Crippen LogP contribution in [0.1, 0.15) is 13.3 Å². The van der Waals surface area contributed by atoms with Crippen LogP contribution in [0.2, 0.25) is 0 Å². The predicted octanol–water partition coefficient (Wildman–Crippen LogP) is 2.88. The zero-order valence-electron chi connectivity index (χ0n) is 12.9. The molecule has 2 heterocycles. The molecule has 1 aliphatic heterocycles. The maximum absolute atomic E-state index is 12.6. The topological polar surface area (TPSA) is 65.5 Å². The molecule has 0 unspecified atom stereocenters. The van der Waals surface area contributed by atoms with E-state index in [1.54, 1.807) is 35.1 Å². The van der Waals surface area contributed by atoms with Crippen molar-refractivity contribution in [2.24, 2.45) is 0 Å². The highest BCUT2D eigenvalue weighted by Gasteiger charge is 2.31. The molecule has 1 N–H and O–H groups in total. The van der Waals surface area contributed by atoms with Crippen molar-refractivity contribution in [1.29, 1.82) is 0 Å². The molecule has 3 rings (SSSR count). The summed E-state index contributed by atoms with van der Waals surface area (Å²) in [6.07, 6.45) is 1.99. The van der Waals surface area contributed by atoms with Crippen molar-refractivity contribution in [3.63, 3.8) is 0 Å². The van der Waals surface area contributed by atoms with E-state index in [0.717, 1.165) is 5.69 Å². The average molecular weight is 310 g/mol. The van der Waals surface area contributed by atoms with Crippen LogP contribution in [-0.4, -0.2) is 30.0 Å². The fourth-order valence-corrected chi connectivity index (χ4v) is 2.47. The minimum absolute atomic E-state index is 0.0629. The number of hydrogen-bond acceptors (Lipinski definition) is 3. The molecule has 6 heteroatoms. The summed E-state index contributed by atoms with van der Waals surface area (Å²) in [5.41, 5.74) is 1.51. The van der Waals surface area contributed by atoms with Crippen LogP contribution in [0.15, 0.2) is 48.7 Å². The van der Waals surface area contributed by atoms with Gasteiger partial charge in [-0.15, -0.1) is 0 Å². The Hall–Kier alpha value is -2.89. The van der Waals surface area contributed by atoms with Crippen LogP contribution in [0, 0.1) is 0 Å². The van der Waals surface area contributed by atoms with Gasteiger partial charge in [0.05, 0.1) is 11.9 Å². The third-order valence-electron chi connectivity index (χ3n) is 3.71. The quantitative estimate of drug-likeness (QED) is 0.944. The van der Waals surface area contributed by atoms with Crippen molar-refractivity contribution in [3.05, 3.63) is 48.7 Å². The Labute approximate surface area is 134 Å². The largest absolute Gasteiger partial charge is 0.330 e. The standard InChI is InChI=1S/C17H18N4O2/c1-2-16(22)19-13-8-9-15(18-12-13)21-11-10-20(17(21)23)14-6-4-3-5-7-14/h3-9,12H,2,10-11H2,1H3,(H,19,22). The van der Waals surface area contributed by atoms with E-state index >= 15 is 0 Å². The number of hydrogen-bond donors (Lipinski definition) is 1. The Morgan fingerprint density at radius 2 is 1.87 bits per heavy atom. The molecule has 1 aliphatic rings. The van der Waals surface area contributed by atoms with Crippen molar-refractivity contribution in [2.75, 3.05) is 28.2 Å². The minimum Gasteiger partial charge on any atom is -0.325 e. The van der Waals surface area contributed by atoms with Crippen LogP contribution in [0.25, 0.3) is 0 Å². The average Bonchev–Trinajstić information content (AvgIpc) is 2.98. The van der Waals surface area contributed by atoms with Gasteiger partial charge in [-0.2, -0.15) is 0 Å². The van der Waals surface area contributed by atoms with Gasteiger partial charge in [-0.25, -0.2) is 9.78 Å². The normalized spacial score (nSPS) is 14.2. The molecule has 1 aromatic carbocycles. The number of carbonyl (C=O) groups excluding carboxylic acids is 2. The zero-order valence-corrected chi connectivity index (χ0v) is 12.9. The van der Waals surface area contributed by atoms with Crippen molar-refractivity contribution < 1.29 is 9.59 Å². The first kappa shape index (κ1) is 15.0. The van der Waals surface area contributed by atoms with Crippen LogP contribution in [0.5, 0.6) is 0 Å². The predicted molar refractivity (Wildman–Crippen MR) is 89.7 cm³/mol. The SMILES string of the molecule is CCC(=O)Nc1ccc(N2CCN(c3ccccc3)C2=O)nc1. The number of aromatic nitrogens is 1. The molecular weight excluding hydrogens is 292 g/mol. The lowest BCUT2D eigenvalue weighted by atomic mass is 10.3. The molecule has 3 amide bonds. The van der Waals surface area contributed by atoms with E-state index in [1.807, 2.05) is 30.3 Å². The first-order chi connectivity index (χ1) is 11.2. The molecule has 118 valence electrons. The number of carbonyl (C=O) groups is 2. The van der Waals surface area contributed by atoms with Gasteiger partial charge in [0, 0.05) is 25.2 Å². The number of anilines is 3. The summed E-state index contributed by atoms with van der Waals surface area (Å²) in [4.78, 5) is 31.6. The number of urea groups is 1. The molecule has 0 atom stereocenters. The second-order valence-electron chi connectivity index (χ2n) is 5.23. The molecule has 0 aliphatic carbocycles. The maximum Gasteiger partial charge on any atom is 0.330 e. The molecule has 0 radical (unpaired) electrons. The molecule has 0 bridgehead atoms. The molecule has 23 heavy (non-hydrogen) atoms. The number of para-hydroxylation sites is 1. The molecule has 1 aromatic heterocycles. The van der Waals surface area contributed by atoms with E-state index in [9.17, 15) is 9.59 Å². The highest BCUT2D eigenvalue weighted by Crippen LogP contribution is 2.24. The van der Waals surface area contributed by atoms with Gasteiger partial charge in [-0.1, -0.05) is 25.1 Å². The summed E-state index contributed by atoms with van der Waals surface area (Å²) in [5, 5.41) is 2.74. The second kappa shape index (κ2) is 6.48. The van der Waals surface area contributed by atoms with Crippen molar-refractivity contribution in [2.45, 2.75) is 13.3 Å². The molecule has 1 fully saturated rings. The molecule has 0 saturated carbocycles. The lowest BCUT2D eigenvalue weighted by molar-refractivity contribution is -0.115. The van der Waals surface area contributed by atoms with Gasteiger partial charge >= 0.3 is 6.03 Å². The summed E-state index contributed by atoms with van der Waals surface area (Å²) >= 11 is 0. The van der Waals surface area contributed by atoms with E-state index in [-0.39, 0.29) is 11.9 Å². The Bertz CT molecular complexity index is 700. The van der Waals surface area contributed by atoms with Crippen molar-refractivity contribution >= 4 is 29.1 Å². The fraction of sp³-hybridized carbons (Fsp3) is 0.235. The lowest BCUT2D eigenvalue weighted by Gasteiger charge is -2.18. The highest BCUT2D eigenvalue weighted by atomic mass is 16.2. The Morgan fingerprint density at radius 1 is 1.13 bits per heavy atom. The molecule has 6 nitrogen and oxygen atoms in total. The van der Waals surface area contributed by atoms with Crippen LogP contribution in [0.4, 0.5) is 22.0 Å². The van der Waals surface area contributed by atoms with Crippen molar-refractivity contribution in [1.82, 2.24) is 4.98 Å². The van der Waals surface area contributed by atoms with Crippen molar-refractivity contribution in [3.8, 4) is 0 Å². The van der Waals surface area contributed by atoms with Gasteiger partial charge in [-0.3, -0.25) is 14.6 Å². The van der Waals surface area contributed by atoms with Gasteiger partial charge in [0.15, 0.2) is 0 Å². The number of pyridine rings is 1. The Morgan fingerprint density at radius 3 is 2.52 bits per heavy atom. The first-order valence-corrected chi connectivity index (χ1v) is 7.59. The third kappa shape index (κ3) is 3.15. The summed E-state index contributed by atoms with van der Waals surface area (Å²) in [7, 11) is 0. The van der Waals surface area contributed by atoms with Crippen LogP contribution in [-0.2, 0) is 4.79 Å². The molecule has 1 saturated heterocycles. The van der Waals surface area contributed by atoms with E-state index in [0.29, 0.717) is 31.0 Å². The Balaban J connectivity index is 1.73. The zero-order chi connectivity index (χ0) is 16.2. The number of nitrogens with one attached hydrogen (secondary N) is 1. The summed E-state index contributed by atoms with van der Waals surface area (Å²) in [6, 6.07) is 13.0. The summed E-state index contributed by atoms with van der Waals surface area (Å²) < 4.78 is 0. The van der Waals surface area contributed by atoms with Crippen LogP contribution >= 0.6 is 0 Å². The second-order valence-corrected chi connectivity index (χ2v) is 5.23. The van der Waals surface area contributed by atoms with Gasteiger partial charge < -0.3 is 5.32 Å². The van der Waals surface area contributed by atoms with Gasteiger partial charge in [0.25, 0.3) is 0 Å². The minimum atomic E-state index is -0.0888. The smallest absolute Gasteiger partial charge is 0.325 e. The molecule has 2 aromatic rings. The van der Waals surface area contributed by atoms with Gasteiger partial charge in [0.2, 0.25) is 5.91 Å². The van der Waals surface area contributed by atoms with Gasteiger partial charge in [0.1, 0.15) is 5.82 Å². The van der Waals surface area contributed by atoms with E-state index in [1.165, 1.54) is 0 Å². The summed E-state index contributed by atoms with van der Waals surface area (Å²) in [6.45, 7) is 3.00. The fourth-order valence-electron chi connectivity index (χ4n) is 2.47. The van der Waals surface area contributed by atoms with E-state index in [2.05, 4.69) is 10.3 Å². The molecular formula is C17H18N4O2. The highest BCUT2D eigenvalue weighted by molar-refractivity contribution is 6.05. The van der Waals surface area contributed by atoms with E-state index < -0.39 is 0 Å². The molecule has 0 spiro atoms. The number of benzene rings is 1. The van der Waals surface area contributed by atoms with Crippen LogP contribution < -0.4 is 15.1 Å². The number of nitrogens with zero attached hydrogens (tertiary/aromatic N) is 3. The van der Waals surface area contributed by atoms with Crippen LogP contribution in [0.3, 0.4) is 0 Å². The first-order valence-electron chi connectivity index (χ1n) is 7.59. The monoisotopic (exact) mass is 310 g/mol. The Kier molecular flexibility index (Phi) is 4.23. The van der Waals surface area contributed by atoms with Gasteiger partial charge in [-0.05, 0) is 24.3 Å².